The third-order valence-electron chi connectivity index (χ3n) is 3.85. The minimum atomic E-state index is 0.0147. The van der Waals surface area contributed by atoms with Crippen LogP contribution in [0.15, 0.2) is 0 Å². The average molecular weight is 239 g/mol. The van der Waals surface area contributed by atoms with Gasteiger partial charge in [0.15, 0.2) is 0 Å². The summed E-state index contributed by atoms with van der Waals surface area (Å²) in [7, 11) is 0. The lowest BCUT2D eigenvalue weighted by molar-refractivity contribution is -0.137. The standard InChI is InChI=1S/C12H21N3O2/c1-8(6-13)5-11(16)15-4-2-3-9-10(15)7-14-12(9)17/h8-10H,2-7,13H2,1H3,(H,14,17). The molecule has 2 fully saturated rings. The Bertz CT molecular complexity index is 319. The van der Waals surface area contributed by atoms with E-state index in [1.807, 2.05) is 11.8 Å². The first-order valence-corrected chi connectivity index (χ1v) is 6.40. The van der Waals surface area contributed by atoms with Crippen molar-refractivity contribution in [2.75, 3.05) is 19.6 Å². The van der Waals surface area contributed by atoms with Gasteiger partial charge in [-0.2, -0.15) is 0 Å². The third kappa shape index (κ3) is 2.44. The molecule has 0 aromatic heterocycles. The molecule has 2 aliphatic rings. The second-order valence-corrected chi connectivity index (χ2v) is 5.19. The lowest BCUT2D eigenvalue weighted by Crippen LogP contribution is -2.49. The molecule has 2 heterocycles. The maximum Gasteiger partial charge on any atom is 0.225 e. The quantitative estimate of drug-likeness (QED) is 0.710. The summed E-state index contributed by atoms with van der Waals surface area (Å²) in [6.07, 6.45) is 2.33. The van der Waals surface area contributed by atoms with Gasteiger partial charge in [0.05, 0.1) is 12.0 Å². The molecule has 17 heavy (non-hydrogen) atoms. The van der Waals surface area contributed by atoms with Crippen LogP contribution in [0.2, 0.25) is 0 Å². The Balaban J connectivity index is 2.00. The molecule has 0 radical (unpaired) electrons. The molecule has 5 nitrogen and oxygen atoms in total. The Kier molecular flexibility index (Phi) is 3.66. The Labute approximate surface area is 102 Å². The summed E-state index contributed by atoms with van der Waals surface area (Å²) in [6, 6.07) is 0.0775. The van der Waals surface area contributed by atoms with Crippen LogP contribution < -0.4 is 11.1 Å². The van der Waals surface area contributed by atoms with E-state index in [-0.39, 0.29) is 29.7 Å². The van der Waals surface area contributed by atoms with Crippen LogP contribution in [0.5, 0.6) is 0 Å². The van der Waals surface area contributed by atoms with Crippen molar-refractivity contribution in [3.05, 3.63) is 0 Å². The highest BCUT2D eigenvalue weighted by atomic mass is 16.2. The number of piperidine rings is 1. The van der Waals surface area contributed by atoms with Crippen LogP contribution in [0.1, 0.15) is 26.2 Å². The summed E-state index contributed by atoms with van der Waals surface area (Å²) in [5.41, 5.74) is 5.54. The van der Waals surface area contributed by atoms with Gasteiger partial charge in [-0.3, -0.25) is 9.59 Å². The van der Waals surface area contributed by atoms with E-state index < -0.39 is 0 Å². The van der Waals surface area contributed by atoms with E-state index in [0.29, 0.717) is 19.5 Å². The average Bonchev–Trinajstić information content (AvgIpc) is 2.71. The summed E-state index contributed by atoms with van der Waals surface area (Å²) < 4.78 is 0. The van der Waals surface area contributed by atoms with Crippen LogP contribution in [0.3, 0.4) is 0 Å². The van der Waals surface area contributed by atoms with Crippen molar-refractivity contribution < 1.29 is 9.59 Å². The highest BCUT2D eigenvalue weighted by molar-refractivity contribution is 5.84. The minimum absolute atomic E-state index is 0.0147. The van der Waals surface area contributed by atoms with Gasteiger partial charge < -0.3 is 16.0 Å². The van der Waals surface area contributed by atoms with E-state index in [0.717, 1.165) is 19.4 Å². The van der Waals surface area contributed by atoms with Crippen LogP contribution in [-0.2, 0) is 9.59 Å². The number of likely N-dealkylation sites (tertiary alicyclic amines) is 1. The number of hydrogen-bond donors (Lipinski definition) is 2. The van der Waals surface area contributed by atoms with Crippen LogP contribution in [0.4, 0.5) is 0 Å². The molecule has 96 valence electrons. The molecule has 2 aliphatic heterocycles. The Morgan fingerprint density at radius 2 is 2.41 bits per heavy atom. The Morgan fingerprint density at radius 1 is 1.65 bits per heavy atom. The first kappa shape index (κ1) is 12.4. The predicted octanol–water partition coefficient (Wildman–Crippen LogP) is -0.292. The number of nitrogens with one attached hydrogen (secondary N) is 1. The van der Waals surface area contributed by atoms with Gasteiger partial charge in [0.2, 0.25) is 11.8 Å². The van der Waals surface area contributed by atoms with Gasteiger partial charge in [-0.25, -0.2) is 0 Å². The molecule has 2 rings (SSSR count). The number of nitrogens with zero attached hydrogens (tertiary/aromatic N) is 1. The number of nitrogens with two attached hydrogens (primary N) is 1. The molecule has 5 heteroatoms. The first-order valence-electron chi connectivity index (χ1n) is 6.40. The normalized spacial score (nSPS) is 29.8. The SMILES string of the molecule is CC(CN)CC(=O)N1CCCC2C(=O)NCC21. The zero-order chi connectivity index (χ0) is 12.4. The van der Waals surface area contributed by atoms with Crippen LogP contribution in [0, 0.1) is 11.8 Å². The maximum atomic E-state index is 12.1. The molecule has 3 unspecified atom stereocenters. The zero-order valence-corrected chi connectivity index (χ0v) is 10.3. The second kappa shape index (κ2) is 5.04. The highest BCUT2D eigenvalue weighted by Crippen LogP contribution is 2.28. The molecular formula is C12H21N3O2. The van der Waals surface area contributed by atoms with Crippen molar-refractivity contribution in [2.24, 2.45) is 17.6 Å². The van der Waals surface area contributed by atoms with Gasteiger partial charge in [-0.05, 0) is 25.3 Å². The van der Waals surface area contributed by atoms with Crippen molar-refractivity contribution in [1.29, 1.82) is 0 Å². The van der Waals surface area contributed by atoms with E-state index in [9.17, 15) is 9.59 Å². The molecule has 0 bridgehead atoms. The smallest absolute Gasteiger partial charge is 0.225 e. The van der Waals surface area contributed by atoms with Gasteiger partial charge in [-0.1, -0.05) is 6.92 Å². The lowest BCUT2D eigenvalue weighted by Gasteiger charge is -2.36. The summed E-state index contributed by atoms with van der Waals surface area (Å²) >= 11 is 0. The summed E-state index contributed by atoms with van der Waals surface area (Å²) in [5, 5.41) is 2.86. The number of fused-ring (bicyclic) bond motifs is 1. The molecule has 0 aliphatic carbocycles. The molecule has 0 aromatic rings. The fourth-order valence-corrected chi connectivity index (χ4v) is 2.76. The largest absolute Gasteiger partial charge is 0.354 e. The molecule has 3 atom stereocenters. The number of hydrogen-bond acceptors (Lipinski definition) is 3. The third-order valence-corrected chi connectivity index (χ3v) is 3.85. The van der Waals surface area contributed by atoms with Gasteiger partial charge in [0.25, 0.3) is 0 Å². The van der Waals surface area contributed by atoms with Crippen LogP contribution in [0.25, 0.3) is 0 Å². The summed E-state index contributed by atoms with van der Waals surface area (Å²) in [5.74, 6) is 0.488. The van der Waals surface area contributed by atoms with E-state index in [2.05, 4.69) is 5.32 Å². The molecular weight excluding hydrogens is 218 g/mol. The molecule has 0 saturated carbocycles. The topological polar surface area (TPSA) is 75.4 Å². The molecule has 2 saturated heterocycles. The summed E-state index contributed by atoms with van der Waals surface area (Å²) in [4.78, 5) is 25.6. The molecule has 3 N–H and O–H groups in total. The number of carbonyl (C=O) groups excluding carboxylic acids is 2. The van der Waals surface area contributed by atoms with Gasteiger partial charge in [-0.15, -0.1) is 0 Å². The lowest BCUT2D eigenvalue weighted by atomic mass is 9.91. The van der Waals surface area contributed by atoms with E-state index >= 15 is 0 Å². The van der Waals surface area contributed by atoms with Crippen LogP contribution in [-0.4, -0.2) is 42.4 Å². The van der Waals surface area contributed by atoms with E-state index in [1.54, 1.807) is 0 Å². The van der Waals surface area contributed by atoms with Crippen molar-refractivity contribution >= 4 is 11.8 Å². The monoisotopic (exact) mass is 239 g/mol. The Morgan fingerprint density at radius 3 is 3.12 bits per heavy atom. The number of amides is 2. The zero-order valence-electron chi connectivity index (χ0n) is 10.3. The number of rotatable bonds is 3. The van der Waals surface area contributed by atoms with E-state index in [1.165, 1.54) is 0 Å². The molecule has 0 aromatic carbocycles. The van der Waals surface area contributed by atoms with Crippen molar-refractivity contribution in [1.82, 2.24) is 10.2 Å². The first-order chi connectivity index (χ1) is 8.13. The predicted molar refractivity (Wildman–Crippen MR) is 64.1 cm³/mol. The molecule has 2 amide bonds. The highest BCUT2D eigenvalue weighted by Gasteiger charge is 2.42. The maximum absolute atomic E-state index is 12.1. The molecule has 0 spiro atoms. The van der Waals surface area contributed by atoms with Gasteiger partial charge in [0.1, 0.15) is 0 Å². The number of carbonyl (C=O) groups is 2. The van der Waals surface area contributed by atoms with E-state index in [4.69, 9.17) is 5.73 Å². The van der Waals surface area contributed by atoms with Crippen molar-refractivity contribution in [2.45, 2.75) is 32.2 Å². The van der Waals surface area contributed by atoms with Crippen molar-refractivity contribution in [3.8, 4) is 0 Å². The Hall–Kier alpha value is -1.10. The van der Waals surface area contributed by atoms with Gasteiger partial charge >= 0.3 is 0 Å². The van der Waals surface area contributed by atoms with Crippen molar-refractivity contribution in [3.63, 3.8) is 0 Å². The van der Waals surface area contributed by atoms with Crippen LogP contribution >= 0.6 is 0 Å². The fraction of sp³-hybridized carbons (Fsp3) is 0.833. The summed E-state index contributed by atoms with van der Waals surface area (Å²) in [6.45, 7) is 3.92. The van der Waals surface area contributed by atoms with Gasteiger partial charge in [0, 0.05) is 19.5 Å². The second-order valence-electron chi connectivity index (χ2n) is 5.19. The minimum Gasteiger partial charge on any atom is -0.354 e. The fourth-order valence-electron chi connectivity index (χ4n) is 2.76.